The van der Waals surface area contributed by atoms with E-state index >= 15 is 0 Å². The van der Waals surface area contributed by atoms with Crippen molar-refractivity contribution in [3.05, 3.63) is 89.9 Å². The van der Waals surface area contributed by atoms with E-state index in [0.29, 0.717) is 6.42 Å². The van der Waals surface area contributed by atoms with Gasteiger partial charge in [0.2, 0.25) is 5.91 Å². The highest BCUT2D eigenvalue weighted by Gasteiger charge is 2.34. The molecule has 3 N–H and O–H groups in total. The van der Waals surface area contributed by atoms with Crippen molar-refractivity contribution in [1.82, 2.24) is 25.3 Å². The van der Waals surface area contributed by atoms with Gasteiger partial charge in [0.05, 0.1) is 29.2 Å². The first kappa shape index (κ1) is 19.0. The maximum atomic E-state index is 13.5. The van der Waals surface area contributed by atoms with Crippen LogP contribution in [0.25, 0.3) is 33.5 Å². The highest BCUT2D eigenvalue weighted by Crippen LogP contribution is 2.48. The van der Waals surface area contributed by atoms with Crippen LogP contribution in [0.2, 0.25) is 0 Å². The fourth-order valence-electron chi connectivity index (χ4n) is 5.23. The number of aromatic amines is 2. The molecular formula is C27H20N6O. The van der Waals surface area contributed by atoms with Gasteiger partial charge in [0.15, 0.2) is 0 Å². The van der Waals surface area contributed by atoms with Crippen LogP contribution in [0.15, 0.2) is 78.2 Å². The van der Waals surface area contributed by atoms with Crippen molar-refractivity contribution in [2.75, 3.05) is 0 Å². The SMILES string of the molecule is O=C(NC1c2ccccc2-c2c(-c3nc4ccncc4[nH]3)cccc21)C1CC=Nc2[nH]ccc21. The van der Waals surface area contributed by atoms with E-state index in [1.807, 2.05) is 42.7 Å². The van der Waals surface area contributed by atoms with Crippen LogP contribution < -0.4 is 5.32 Å². The largest absolute Gasteiger partial charge is 0.346 e. The van der Waals surface area contributed by atoms with Gasteiger partial charge in [-0.3, -0.25) is 9.78 Å². The number of aromatic nitrogens is 4. The summed E-state index contributed by atoms with van der Waals surface area (Å²) in [6.07, 6.45) is 7.77. The lowest BCUT2D eigenvalue weighted by Gasteiger charge is -2.22. The second-order valence-electron chi connectivity index (χ2n) is 8.66. The van der Waals surface area contributed by atoms with Gasteiger partial charge in [-0.2, -0.15) is 0 Å². The second kappa shape index (κ2) is 7.25. The third kappa shape index (κ3) is 2.76. The lowest BCUT2D eigenvalue weighted by atomic mass is 9.94. The average Bonchev–Trinajstić information content (AvgIpc) is 3.60. The molecule has 0 saturated heterocycles. The Morgan fingerprint density at radius 2 is 1.85 bits per heavy atom. The number of nitrogens with zero attached hydrogens (tertiary/aromatic N) is 3. The van der Waals surface area contributed by atoms with E-state index in [0.717, 1.165) is 56.1 Å². The zero-order valence-corrected chi connectivity index (χ0v) is 18.1. The van der Waals surface area contributed by atoms with E-state index in [1.165, 1.54) is 0 Å². The lowest BCUT2D eigenvalue weighted by molar-refractivity contribution is -0.122. The Balaban J connectivity index is 1.32. The molecule has 3 aromatic heterocycles. The molecule has 2 unspecified atom stereocenters. The molecule has 1 amide bonds. The van der Waals surface area contributed by atoms with Crippen molar-refractivity contribution < 1.29 is 4.79 Å². The van der Waals surface area contributed by atoms with E-state index in [1.54, 1.807) is 12.4 Å². The Morgan fingerprint density at radius 3 is 2.79 bits per heavy atom. The molecule has 1 aliphatic heterocycles. The van der Waals surface area contributed by atoms with Crippen LogP contribution in [0.3, 0.4) is 0 Å². The van der Waals surface area contributed by atoms with Crippen molar-refractivity contribution in [3.63, 3.8) is 0 Å². The van der Waals surface area contributed by atoms with Gasteiger partial charge < -0.3 is 15.3 Å². The Labute approximate surface area is 195 Å². The molecule has 0 spiro atoms. The van der Waals surface area contributed by atoms with Crippen LogP contribution in [0.1, 0.15) is 35.1 Å². The van der Waals surface area contributed by atoms with Gasteiger partial charge in [0.25, 0.3) is 0 Å². The van der Waals surface area contributed by atoms with Gasteiger partial charge in [-0.15, -0.1) is 0 Å². The maximum absolute atomic E-state index is 13.5. The summed E-state index contributed by atoms with van der Waals surface area (Å²) in [5.74, 6) is 1.29. The fourth-order valence-corrected chi connectivity index (χ4v) is 5.23. The molecule has 0 bridgehead atoms. The zero-order valence-electron chi connectivity index (χ0n) is 18.1. The summed E-state index contributed by atoms with van der Waals surface area (Å²) in [5, 5.41) is 3.34. The fraction of sp³-hybridized carbons (Fsp3) is 0.111. The van der Waals surface area contributed by atoms with Gasteiger partial charge >= 0.3 is 0 Å². The first-order valence-electron chi connectivity index (χ1n) is 11.3. The Morgan fingerprint density at radius 1 is 0.971 bits per heavy atom. The molecule has 4 heterocycles. The molecule has 0 saturated carbocycles. The maximum Gasteiger partial charge on any atom is 0.228 e. The molecule has 7 nitrogen and oxygen atoms in total. The Hall–Kier alpha value is -4.52. The van der Waals surface area contributed by atoms with Crippen LogP contribution >= 0.6 is 0 Å². The summed E-state index contributed by atoms with van der Waals surface area (Å²) in [6.45, 7) is 0. The number of H-pyrrole nitrogens is 2. The number of nitrogens with one attached hydrogen (secondary N) is 3. The molecule has 2 aliphatic rings. The molecule has 2 atom stereocenters. The summed E-state index contributed by atoms with van der Waals surface area (Å²) >= 11 is 0. The van der Waals surface area contributed by atoms with E-state index in [9.17, 15) is 4.79 Å². The number of carbonyl (C=O) groups is 1. The Bertz CT molecular complexity index is 1580. The van der Waals surface area contributed by atoms with E-state index in [2.05, 4.69) is 49.5 Å². The average molecular weight is 444 g/mol. The number of rotatable bonds is 3. The van der Waals surface area contributed by atoms with Crippen molar-refractivity contribution in [3.8, 4) is 22.5 Å². The van der Waals surface area contributed by atoms with Crippen LogP contribution in [0, 0.1) is 0 Å². The topological polar surface area (TPSA) is 98.8 Å². The number of amides is 1. The van der Waals surface area contributed by atoms with Crippen LogP contribution in [0.4, 0.5) is 5.82 Å². The molecule has 0 radical (unpaired) electrons. The molecule has 5 aromatic rings. The molecular weight excluding hydrogens is 424 g/mol. The predicted molar refractivity (Wildman–Crippen MR) is 131 cm³/mol. The first-order valence-corrected chi connectivity index (χ1v) is 11.3. The van der Waals surface area contributed by atoms with Crippen molar-refractivity contribution in [2.24, 2.45) is 4.99 Å². The number of aliphatic imine (C=N–C) groups is 1. The number of hydrogen-bond acceptors (Lipinski definition) is 4. The first-order chi connectivity index (χ1) is 16.8. The summed E-state index contributed by atoms with van der Waals surface area (Å²) in [6, 6.07) is 18.1. The smallest absolute Gasteiger partial charge is 0.228 e. The molecule has 1 aliphatic carbocycles. The molecule has 7 heteroatoms. The van der Waals surface area contributed by atoms with E-state index in [-0.39, 0.29) is 17.9 Å². The normalized spacial score (nSPS) is 17.9. The van der Waals surface area contributed by atoms with Crippen molar-refractivity contribution in [1.29, 1.82) is 0 Å². The molecule has 34 heavy (non-hydrogen) atoms. The van der Waals surface area contributed by atoms with Gasteiger partial charge in [-0.05, 0) is 40.8 Å². The molecule has 7 rings (SSSR count). The van der Waals surface area contributed by atoms with Gasteiger partial charge in [-0.25, -0.2) is 9.98 Å². The third-order valence-corrected chi connectivity index (χ3v) is 6.78. The number of benzene rings is 2. The minimum atomic E-state index is -0.263. The number of hydrogen-bond donors (Lipinski definition) is 3. The number of imidazole rings is 1. The monoisotopic (exact) mass is 444 g/mol. The van der Waals surface area contributed by atoms with Gasteiger partial charge in [0.1, 0.15) is 11.6 Å². The molecule has 2 aromatic carbocycles. The second-order valence-corrected chi connectivity index (χ2v) is 8.66. The van der Waals surface area contributed by atoms with Crippen molar-refractivity contribution in [2.45, 2.75) is 18.4 Å². The Kier molecular flexibility index (Phi) is 4.05. The highest BCUT2D eigenvalue weighted by molar-refractivity contribution is 5.95. The quantitative estimate of drug-likeness (QED) is 0.364. The summed E-state index contributed by atoms with van der Waals surface area (Å²) < 4.78 is 0. The number of carbonyl (C=O) groups excluding carboxylic acids is 1. The summed E-state index contributed by atoms with van der Waals surface area (Å²) in [5.41, 5.74) is 8.10. The minimum Gasteiger partial charge on any atom is -0.346 e. The van der Waals surface area contributed by atoms with Crippen LogP contribution in [-0.4, -0.2) is 32.1 Å². The lowest BCUT2D eigenvalue weighted by Crippen LogP contribution is -2.33. The highest BCUT2D eigenvalue weighted by atomic mass is 16.2. The third-order valence-electron chi connectivity index (χ3n) is 6.78. The van der Waals surface area contributed by atoms with Crippen LogP contribution in [-0.2, 0) is 4.79 Å². The van der Waals surface area contributed by atoms with E-state index < -0.39 is 0 Å². The zero-order chi connectivity index (χ0) is 22.6. The van der Waals surface area contributed by atoms with Crippen LogP contribution in [0.5, 0.6) is 0 Å². The number of pyridine rings is 1. The molecule has 164 valence electrons. The van der Waals surface area contributed by atoms with E-state index in [4.69, 9.17) is 4.98 Å². The molecule has 0 fully saturated rings. The number of fused-ring (bicyclic) bond motifs is 5. The summed E-state index contributed by atoms with van der Waals surface area (Å²) in [7, 11) is 0. The van der Waals surface area contributed by atoms with Crippen molar-refractivity contribution >= 4 is 29.0 Å². The van der Waals surface area contributed by atoms with Gasteiger partial charge in [0, 0.05) is 29.7 Å². The van der Waals surface area contributed by atoms with Gasteiger partial charge in [-0.1, -0.05) is 42.5 Å². The standard InChI is InChI=1S/C27H20N6O/c34-27(18-9-13-30-25-17(18)8-12-29-25)33-24-16-5-2-1-4-15(16)23-19(24)6-3-7-20(23)26-31-21-10-11-28-14-22(21)32-26/h1-8,10-14,18,24,29H,9H2,(H,31,32)(H,33,34). The summed E-state index contributed by atoms with van der Waals surface area (Å²) in [4.78, 5) is 33.4. The predicted octanol–water partition coefficient (Wildman–Crippen LogP) is 5.03. The minimum absolute atomic E-state index is 0.000123.